The third-order valence-electron chi connectivity index (χ3n) is 4.35. The molecule has 2 aliphatic carbocycles. The highest BCUT2D eigenvalue weighted by Crippen LogP contribution is 2.49. The van der Waals surface area contributed by atoms with Crippen LogP contribution < -0.4 is 0 Å². The summed E-state index contributed by atoms with van der Waals surface area (Å²) < 4.78 is 0. The topological polar surface area (TPSA) is 98.4 Å². The lowest BCUT2D eigenvalue weighted by Crippen LogP contribution is -2.42. The number of nitriles is 1. The van der Waals surface area contributed by atoms with Crippen molar-refractivity contribution in [3.05, 3.63) is 22.8 Å². The molecule has 0 saturated heterocycles. The van der Waals surface area contributed by atoms with Crippen molar-refractivity contribution in [2.75, 3.05) is 0 Å². The highest BCUT2D eigenvalue weighted by Gasteiger charge is 2.49. The van der Waals surface area contributed by atoms with Crippen LogP contribution in [0.2, 0.25) is 0 Å². The summed E-state index contributed by atoms with van der Waals surface area (Å²) in [5, 5.41) is 26.4. The third kappa shape index (κ3) is 3.50. The number of halogens is 1. The monoisotopic (exact) mass is 325 g/mol. The van der Waals surface area contributed by atoms with Gasteiger partial charge in [0.15, 0.2) is 0 Å². The maximum absolute atomic E-state index is 11.6. The zero-order valence-electron chi connectivity index (χ0n) is 12.7. The highest BCUT2D eigenvalue weighted by atomic mass is 35.5. The quantitative estimate of drug-likeness (QED) is 0.826. The maximum atomic E-state index is 11.6. The van der Waals surface area contributed by atoms with E-state index in [2.05, 4.69) is 0 Å². The molecule has 2 rings (SSSR count). The smallest absolute Gasteiger partial charge is 0.333 e. The zero-order chi connectivity index (χ0) is 16.9. The Morgan fingerprint density at radius 3 is 2.27 bits per heavy atom. The molecule has 2 aliphatic rings. The van der Waals surface area contributed by atoms with Crippen LogP contribution in [0.4, 0.5) is 0 Å². The fourth-order valence-electron chi connectivity index (χ4n) is 3.34. The fraction of sp³-hybridized carbons (Fsp3) is 0.562. The first-order valence-corrected chi connectivity index (χ1v) is 7.53. The predicted octanol–water partition coefficient (Wildman–Crippen LogP) is 3.56. The standard InChI is InChI=1S/C14H17ClO4.C2H3N/c1-14(13(18)19)7-6-9(15)10(12(16)17)11(14)8-4-2-3-5-8;1-2-3/h6-8,11H,2-5H2,1H3,(H,16,17)(H,18,19);1H3. The number of carbonyl (C=O) groups is 2. The number of carboxylic acids is 2. The number of hydrogen-bond donors (Lipinski definition) is 2. The summed E-state index contributed by atoms with van der Waals surface area (Å²) in [6, 6.07) is 1.75. The lowest BCUT2D eigenvalue weighted by molar-refractivity contribution is -0.149. The Bertz CT molecular complexity index is 555. The molecular formula is C16H20ClNO4. The van der Waals surface area contributed by atoms with Crippen molar-refractivity contribution in [1.29, 1.82) is 5.26 Å². The van der Waals surface area contributed by atoms with E-state index in [0.29, 0.717) is 0 Å². The summed E-state index contributed by atoms with van der Waals surface area (Å²) >= 11 is 6.00. The van der Waals surface area contributed by atoms with E-state index >= 15 is 0 Å². The lowest BCUT2D eigenvalue weighted by atomic mass is 9.64. The van der Waals surface area contributed by atoms with Crippen LogP contribution in [0.5, 0.6) is 0 Å². The minimum atomic E-state index is -1.19. The Morgan fingerprint density at radius 1 is 1.36 bits per heavy atom. The van der Waals surface area contributed by atoms with E-state index in [4.69, 9.17) is 16.9 Å². The molecule has 0 radical (unpaired) electrons. The number of aliphatic carboxylic acids is 2. The second-order valence-electron chi connectivity index (χ2n) is 5.73. The Hall–Kier alpha value is -1.80. The Balaban J connectivity index is 0.000000745. The molecule has 22 heavy (non-hydrogen) atoms. The van der Waals surface area contributed by atoms with Crippen LogP contribution in [0.15, 0.2) is 22.8 Å². The minimum Gasteiger partial charge on any atom is -0.481 e. The van der Waals surface area contributed by atoms with E-state index in [1.165, 1.54) is 19.1 Å². The van der Waals surface area contributed by atoms with Gasteiger partial charge in [0, 0.05) is 12.8 Å². The van der Waals surface area contributed by atoms with Gasteiger partial charge in [-0.05, 0) is 31.8 Å². The van der Waals surface area contributed by atoms with E-state index < -0.39 is 23.3 Å². The van der Waals surface area contributed by atoms with Crippen LogP contribution >= 0.6 is 11.6 Å². The summed E-state index contributed by atoms with van der Waals surface area (Å²) in [5.41, 5.74) is -1.14. The summed E-state index contributed by atoms with van der Waals surface area (Å²) in [6.45, 7) is 3.01. The largest absolute Gasteiger partial charge is 0.481 e. The molecule has 1 saturated carbocycles. The number of hydrogen-bond acceptors (Lipinski definition) is 3. The molecule has 0 aliphatic heterocycles. The van der Waals surface area contributed by atoms with E-state index in [9.17, 15) is 19.8 Å². The van der Waals surface area contributed by atoms with Gasteiger partial charge in [0.05, 0.1) is 22.1 Å². The molecule has 0 aromatic rings. The highest BCUT2D eigenvalue weighted by molar-refractivity contribution is 6.33. The van der Waals surface area contributed by atoms with E-state index in [1.54, 1.807) is 13.0 Å². The van der Waals surface area contributed by atoms with Crippen LogP contribution in [-0.2, 0) is 9.59 Å². The zero-order valence-corrected chi connectivity index (χ0v) is 13.4. The number of rotatable bonds is 3. The lowest BCUT2D eigenvalue weighted by Gasteiger charge is -2.38. The van der Waals surface area contributed by atoms with Gasteiger partial charge in [-0.25, -0.2) is 4.79 Å². The summed E-state index contributed by atoms with van der Waals surface area (Å²) in [7, 11) is 0. The summed E-state index contributed by atoms with van der Waals surface area (Å²) in [6.07, 6.45) is 6.71. The fourth-order valence-corrected chi connectivity index (χ4v) is 3.61. The molecule has 2 unspecified atom stereocenters. The first-order chi connectivity index (χ1) is 10.3. The van der Waals surface area contributed by atoms with Crippen LogP contribution in [0.1, 0.15) is 39.5 Å². The van der Waals surface area contributed by atoms with Gasteiger partial charge in [-0.3, -0.25) is 4.79 Å². The van der Waals surface area contributed by atoms with E-state index in [1.807, 2.05) is 0 Å². The normalized spacial score (nSPS) is 27.8. The Morgan fingerprint density at radius 2 is 1.86 bits per heavy atom. The van der Waals surface area contributed by atoms with Crippen molar-refractivity contribution in [3.8, 4) is 6.07 Å². The second-order valence-corrected chi connectivity index (χ2v) is 6.14. The molecule has 5 nitrogen and oxygen atoms in total. The number of allylic oxidation sites excluding steroid dienone is 2. The predicted molar refractivity (Wildman–Crippen MR) is 82.1 cm³/mol. The van der Waals surface area contributed by atoms with Crippen molar-refractivity contribution < 1.29 is 19.8 Å². The molecule has 2 N–H and O–H groups in total. The van der Waals surface area contributed by atoms with Crippen molar-refractivity contribution in [1.82, 2.24) is 0 Å². The van der Waals surface area contributed by atoms with Gasteiger partial charge >= 0.3 is 11.9 Å². The van der Waals surface area contributed by atoms with Crippen LogP contribution in [0, 0.1) is 28.6 Å². The molecule has 0 aromatic heterocycles. The van der Waals surface area contributed by atoms with Crippen LogP contribution in [0.3, 0.4) is 0 Å². The third-order valence-corrected chi connectivity index (χ3v) is 4.68. The molecular weight excluding hydrogens is 306 g/mol. The van der Waals surface area contributed by atoms with Crippen LogP contribution in [0.25, 0.3) is 0 Å². The maximum Gasteiger partial charge on any atom is 0.333 e. The van der Waals surface area contributed by atoms with E-state index in [0.717, 1.165) is 25.7 Å². The van der Waals surface area contributed by atoms with Gasteiger partial charge in [0.2, 0.25) is 0 Å². The molecule has 0 aromatic carbocycles. The number of carboxylic acid groups (broad SMARTS) is 2. The first-order valence-electron chi connectivity index (χ1n) is 7.16. The molecule has 0 heterocycles. The van der Waals surface area contributed by atoms with Gasteiger partial charge in [0.1, 0.15) is 0 Å². The first kappa shape index (κ1) is 18.2. The van der Waals surface area contributed by atoms with Crippen LogP contribution in [-0.4, -0.2) is 22.2 Å². The Labute approximate surface area is 134 Å². The van der Waals surface area contributed by atoms with Gasteiger partial charge in [-0.1, -0.05) is 30.5 Å². The molecule has 6 heteroatoms. The van der Waals surface area contributed by atoms with Crippen molar-refractivity contribution in [2.24, 2.45) is 17.3 Å². The molecule has 2 atom stereocenters. The molecule has 1 fully saturated rings. The SMILES string of the molecule is CC#N.CC1(C(=O)O)C=CC(Cl)=C(C(=O)O)C1C1CCCC1. The van der Waals surface area contributed by atoms with Gasteiger partial charge in [-0.2, -0.15) is 5.26 Å². The van der Waals surface area contributed by atoms with E-state index in [-0.39, 0.29) is 16.5 Å². The van der Waals surface area contributed by atoms with Gasteiger partial charge in [0.25, 0.3) is 0 Å². The average molecular weight is 326 g/mol. The minimum absolute atomic E-state index is 0.0565. The second kappa shape index (κ2) is 7.46. The summed E-state index contributed by atoms with van der Waals surface area (Å²) in [4.78, 5) is 23.1. The molecule has 0 amide bonds. The molecule has 0 spiro atoms. The number of nitrogens with zero attached hydrogens (tertiary/aromatic N) is 1. The summed E-state index contributed by atoms with van der Waals surface area (Å²) in [5.74, 6) is -2.59. The molecule has 120 valence electrons. The van der Waals surface area contributed by atoms with Crippen molar-refractivity contribution >= 4 is 23.5 Å². The molecule has 0 bridgehead atoms. The van der Waals surface area contributed by atoms with Crippen molar-refractivity contribution in [2.45, 2.75) is 39.5 Å². The average Bonchev–Trinajstić information content (AvgIpc) is 2.95. The van der Waals surface area contributed by atoms with Crippen molar-refractivity contribution in [3.63, 3.8) is 0 Å². The Kier molecular flexibility index (Phi) is 6.19. The van der Waals surface area contributed by atoms with Gasteiger partial charge in [-0.15, -0.1) is 0 Å². The van der Waals surface area contributed by atoms with Gasteiger partial charge < -0.3 is 10.2 Å².